The summed E-state index contributed by atoms with van der Waals surface area (Å²) in [6.07, 6.45) is 2.50. The minimum Gasteiger partial charge on any atom is -0.503 e. The molecular weight excluding hydrogens is 204 g/mol. The summed E-state index contributed by atoms with van der Waals surface area (Å²) in [6.45, 7) is 3.04. The van der Waals surface area contributed by atoms with E-state index in [1.807, 2.05) is 6.07 Å². The van der Waals surface area contributed by atoms with Gasteiger partial charge in [0.05, 0.1) is 12.8 Å². The first-order valence-corrected chi connectivity index (χ1v) is 5.59. The van der Waals surface area contributed by atoms with Gasteiger partial charge in [0, 0.05) is 6.54 Å². The van der Waals surface area contributed by atoms with Gasteiger partial charge in [-0.15, -0.1) is 0 Å². The highest BCUT2D eigenvalue weighted by Crippen LogP contribution is 2.35. The van der Waals surface area contributed by atoms with Crippen molar-refractivity contribution >= 4 is 5.69 Å². The molecule has 0 spiro atoms. The third-order valence-corrected chi connectivity index (χ3v) is 3.08. The fraction of sp³-hybridized carbons (Fsp3) is 0.500. The zero-order chi connectivity index (χ0) is 11.5. The lowest BCUT2D eigenvalue weighted by Gasteiger charge is -2.17. The van der Waals surface area contributed by atoms with E-state index in [0.717, 1.165) is 25.2 Å². The first-order valence-electron chi connectivity index (χ1n) is 5.59. The molecule has 88 valence electrons. The summed E-state index contributed by atoms with van der Waals surface area (Å²) >= 11 is 0. The molecule has 1 aromatic carbocycles. The summed E-state index contributed by atoms with van der Waals surface area (Å²) in [4.78, 5) is 2.34. The van der Waals surface area contributed by atoms with Crippen molar-refractivity contribution in [3.05, 3.63) is 17.7 Å². The van der Waals surface area contributed by atoms with E-state index in [-0.39, 0.29) is 5.75 Å². The Balaban J connectivity index is 2.18. The Labute approximate surface area is 95.6 Å². The van der Waals surface area contributed by atoms with Gasteiger partial charge < -0.3 is 15.6 Å². The molecule has 0 amide bonds. The van der Waals surface area contributed by atoms with Crippen LogP contribution in [0.2, 0.25) is 0 Å². The maximum atomic E-state index is 9.78. The van der Waals surface area contributed by atoms with Crippen molar-refractivity contribution in [3.8, 4) is 11.5 Å². The smallest absolute Gasteiger partial charge is 0.181 e. The van der Waals surface area contributed by atoms with Crippen LogP contribution in [0.4, 0.5) is 5.69 Å². The number of likely N-dealkylation sites (tertiary alicyclic amines) is 1. The van der Waals surface area contributed by atoms with Crippen LogP contribution >= 0.6 is 0 Å². The number of anilines is 1. The van der Waals surface area contributed by atoms with Gasteiger partial charge >= 0.3 is 0 Å². The number of nitrogen functional groups attached to an aromatic ring is 1. The van der Waals surface area contributed by atoms with Gasteiger partial charge in [-0.2, -0.15) is 0 Å². The lowest BCUT2D eigenvalue weighted by atomic mass is 10.1. The van der Waals surface area contributed by atoms with Gasteiger partial charge in [-0.1, -0.05) is 6.07 Å². The Bertz CT molecular complexity index is 374. The number of hydrogen-bond donors (Lipinski definition) is 2. The van der Waals surface area contributed by atoms with Crippen LogP contribution in [0.3, 0.4) is 0 Å². The molecule has 16 heavy (non-hydrogen) atoms. The van der Waals surface area contributed by atoms with Gasteiger partial charge in [0.2, 0.25) is 0 Å². The van der Waals surface area contributed by atoms with E-state index in [4.69, 9.17) is 10.5 Å². The standard InChI is InChI=1S/C12H18N2O2/c1-16-10-5-4-9(11(13)12(10)15)8-14-6-2-3-7-14/h4-5,15H,2-3,6-8,13H2,1H3. The van der Waals surface area contributed by atoms with Crippen molar-refractivity contribution in [1.29, 1.82) is 0 Å². The number of methoxy groups -OCH3 is 1. The second kappa shape index (κ2) is 4.61. The largest absolute Gasteiger partial charge is 0.503 e. The van der Waals surface area contributed by atoms with E-state index in [1.165, 1.54) is 20.0 Å². The maximum absolute atomic E-state index is 9.78. The predicted molar refractivity (Wildman–Crippen MR) is 63.6 cm³/mol. The van der Waals surface area contributed by atoms with E-state index >= 15 is 0 Å². The number of hydrogen-bond acceptors (Lipinski definition) is 4. The summed E-state index contributed by atoms with van der Waals surface area (Å²) in [6, 6.07) is 3.68. The first kappa shape index (κ1) is 11.1. The average Bonchev–Trinajstić information content (AvgIpc) is 2.78. The number of phenolic OH excluding ortho intramolecular Hbond substituents is 1. The summed E-state index contributed by atoms with van der Waals surface area (Å²) in [5.74, 6) is 0.488. The molecule has 0 unspecified atom stereocenters. The van der Waals surface area contributed by atoms with Crippen LogP contribution in [0.1, 0.15) is 18.4 Å². The summed E-state index contributed by atoms with van der Waals surface area (Å²) in [5.41, 5.74) is 7.29. The monoisotopic (exact) mass is 222 g/mol. The van der Waals surface area contributed by atoms with Gasteiger partial charge in [-0.25, -0.2) is 0 Å². The molecule has 3 N–H and O–H groups in total. The van der Waals surface area contributed by atoms with Crippen LogP contribution < -0.4 is 10.5 Å². The Morgan fingerprint density at radius 2 is 2.06 bits per heavy atom. The van der Waals surface area contributed by atoms with Gasteiger partial charge in [0.25, 0.3) is 0 Å². The molecule has 1 aliphatic rings. The van der Waals surface area contributed by atoms with Crippen molar-refractivity contribution in [1.82, 2.24) is 4.90 Å². The lowest BCUT2D eigenvalue weighted by molar-refractivity contribution is 0.330. The Morgan fingerprint density at radius 1 is 1.38 bits per heavy atom. The zero-order valence-electron chi connectivity index (χ0n) is 9.57. The van der Waals surface area contributed by atoms with Crippen LogP contribution in [0.25, 0.3) is 0 Å². The molecule has 1 heterocycles. The highest BCUT2D eigenvalue weighted by molar-refractivity contribution is 5.64. The molecule has 0 bridgehead atoms. The minimum atomic E-state index is 0.0548. The molecule has 1 aliphatic heterocycles. The molecule has 4 nitrogen and oxygen atoms in total. The molecule has 1 fully saturated rings. The number of rotatable bonds is 3. The fourth-order valence-electron chi connectivity index (χ4n) is 2.11. The van der Waals surface area contributed by atoms with Crippen molar-refractivity contribution in [2.24, 2.45) is 0 Å². The minimum absolute atomic E-state index is 0.0548. The molecule has 0 aliphatic carbocycles. The number of ether oxygens (including phenoxy) is 1. The topological polar surface area (TPSA) is 58.7 Å². The van der Waals surface area contributed by atoms with E-state index < -0.39 is 0 Å². The fourth-order valence-corrected chi connectivity index (χ4v) is 2.11. The Morgan fingerprint density at radius 3 is 2.69 bits per heavy atom. The molecule has 0 aromatic heterocycles. The molecule has 2 rings (SSSR count). The van der Waals surface area contributed by atoms with E-state index in [9.17, 15) is 5.11 Å². The average molecular weight is 222 g/mol. The van der Waals surface area contributed by atoms with E-state index in [1.54, 1.807) is 6.07 Å². The number of aromatic hydroxyl groups is 1. The van der Waals surface area contributed by atoms with Crippen LogP contribution in [-0.4, -0.2) is 30.2 Å². The summed E-state index contributed by atoms with van der Waals surface area (Å²) < 4.78 is 5.01. The molecular formula is C12H18N2O2. The van der Waals surface area contributed by atoms with Crippen LogP contribution in [0.5, 0.6) is 11.5 Å². The first-order chi connectivity index (χ1) is 7.72. The highest BCUT2D eigenvalue weighted by atomic mass is 16.5. The number of nitrogens with zero attached hydrogens (tertiary/aromatic N) is 1. The lowest BCUT2D eigenvalue weighted by Crippen LogP contribution is -2.19. The zero-order valence-corrected chi connectivity index (χ0v) is 9.57. The molecule has 4 heteroatoms. The molecule has 0 atom stereocenters. The molecule has 1 saturated heterocycles. The Hall–Kier alpha value is -1.42. The molecule has 1 aromatic rings. The number of benzene rings is 1. The highest BCUT2D eigenvalue weighted by Gasteiger charge is 2.15. The maximum Gasteiger partial charge on any atom is 0.181 e. The second-order valence-corrected chi connectivity index (χ2v) is 4.17. The SMILES string of the molecule is COc1ccc(CN2CCCC2)c(N)c1O. The van der Waals surface area contributed by atoms with E-state index in [2.05, 4.69) is 4.90 Å². The third kappa shape index (κ3) is 2.07. The van der Waals surface area contributed by atoms with Crippen LogP contribution in [-0.2, 0) is 6.54 Å². The van der Waals surface area contributed by atoms with Crippen molar-refractivity contribution in [2.45, 2.75) is 19.4 Å². The Kier molecular flexibility index (Phi) is 3.19. The summed E-state index contributed by atoms with van der Waals surface area (Å²) in [7, 11) is 1.52. The van der Waals surface area contributed by atoms with Gasteiger partial charge in [0.15, 0.2) is 11.5 Å². The molecule has 0 saturated carbocycles. The molecule has 0 radical (unpaired) electrons. The van der Waals surface area contributed by atoms with Crippen molar-refractivity contribution in [3.63, 3.8) is 0 Å². The van der Waals surface area contributed by atoms with E-state index in [0.29, 0.717) is 11.4 Å². The third-order valence-electron chi connectivity index (χ3n) is 3.08. The van der Waals surface area contributed by atoms with Crippen molar-refractivity contribution < 1.29 is 9.84 Å². The second-order valence-electron chi connectivity index (χ2n) is 4.17. The number of phenols is 1. The van der Waals surface area contributed by atoms with Crippen LogP contribution in [0.15, 0.2) is 12.1 Å². The van der Waals surface area contributed by atoms with Crippen LogP contribution in [0, 0.1) is 0 Å². The normalized spacial score (nSPS) is 16.6. The number of nitrogens with two attached hydrogens (primary N) is 1. The van der Waals surface area contributed by atoms with Gasteiger partial charge in [-0.05, 0) is 37.6 Å². The quantitative estimate of drug-likeness (QED) is 0.602. The van der Waals surface area contributed by atoms with Gasteiger partial charge in [-0.3, -0.25) is 4.90 Å². The predicted octanol–water partition coefficient (Wildman–Crippen LogP) is 1.58. The summed E-state index contributed by atoms with van der Waals surface area (Å²) in [5, 5.41) is 9.78. The van der Waals surface area contributed by atoms with Gasteiger partial charge in [0.1, 0.15) is 0 Å². The van der Waals surface area contributed by atoms with Crippen molar-refractivity contribution in [2.75, 3.05) is 25.9 Å².